The predicted octanol–water partition coefficient (Wildman–Crippen LogP) is 3.44. The molecule has 0 unspecified atom stereocenters. The van der Waals surface area contributed by atoms with Crippen molar-refractivity contribution in [3.05, 3.63) is 47.7 Å². The van der Waals surface area contributed by atoms with Gasteiger partial charge in [-0.25, -0.2) is 15.0 Å². The molecule has 0 atom stereocenters. The SMILES string of the molecule is CCC1(CNc2ccc3ncc(NCc4ccc5c(c4)NCC5)nc3n2)COC1. The lowest BCUT2D eigenvalue weighted by Crippen LogP contribution is -2.47. The number of hydrogen-bond acceptors (Lipinski definition) is 7. The van der Waals surface area contributed by atoms with Gasteiger partial charge >= 0.3 is 0 Å². The molecule has 0 saturated carbocycles. The highest BCUT2D eigenvalue weighted by atomic mass is 16.5. The summed E-state index contributed by atoms with van der Waals surface area (Å²) in [6, 6.07) is 10.5. The number of nitrogens with zero attached hydrogens (tertiary/aromatic N) is 3. The molecular weight excluding hydrogens is 364 g/mol. The van der Waals surface area contributed by atoms with Gasteiger partial charge in [-0.2, -0.15) is 0 Å². The Balaban J connectivity index is 1.27. The fraction of sp³-hybridized carbons (Fsp3) is 0.409. The maximum Gasteiger partial charge on any atom is 0.182 e. The van der Waals surface area contributed by atoms with Crippen LogP contribution < -0.4 is 16.0 Å². The van der Waals surface area contributed by atoms with Gasteiger partial charge in [0, 0.05) is 30.7 Å². The van der Waals surface area contributed by atoms with E-state index in [1.165, 1.54) is 16.8 Å². The fourth-order valence-electron chi connectivity index (χ4n) is 3.82. The summed E-state index contributed by atoms with van der Waals surface area (Å²) >= 11 is 0. The summed E-state index contributed by atoms with van der Waals surface area (Å²) in [6.07, 6.45) is 3.97. The van der Waals surface area contributed by atoms with Gasteiger partial charge in [0.2, 0.25) is 0 Å². The summed E-state index contributed by atoms with van der Waals surface area (Å²) in [5.74, 6) is 1.56. The molecule has 7 heteroatoms. The van der Waals surface area contributed by atoms with Crippen LogP contribution in [0.4, 0.5) is 17.3 Å². The molecule has 1 saturated heterocycles. The average molecular weight is 390 g/mol. The van der Waals surface area contributed by atoms with Crippen LogP contribution in [0.15, 0.2) is 36.5 Å². The Labute approximate surface area is 170 Å². The van der Waals surface area contributed by atoms with E-state index in [9.17, 15) is 0 Å². The van der Waals surface area contributed by atoms with Crippen molar-refractivity contribution in [3.8, 4) is 0 Å². The Morgan fingerprint density at radius 2 is 2.00 bits per heavy atom. The standard InChI is InChI=1S/C22H26N6O/c1-2-22(13-29-14-22)12-26-19-6-5-17-21(27-19)28-20(11-24-17)25-10-15-3-4-16-7-8-23-18(16)9-15/h3-6,9,11,23H,2,7-8,10,12-14H2,1H3,(H2,25,26,27,28). The maximum atomic E-state index is 5.40. The van der Waals surface area contributed by atoms with E-state index in [-0.39, 0.29) is 5.41 Å². The number of aromatic nitrogens is 3. The maximum absolute atomic E-state index is 5.40. The molecule has 2 aromatic heterocycles. The molecule has 1 aromatic carbocycles. The summed E-state index contributed by atoms with van der Waals surface area (Å²) in [6.45, 7) is 6.42. The Hall–Kier alpha value is -2.93. The zero-order chi connectivity index (χ0) is 19.7. The summed E-state index contributed by atoms with van der Waals surface area (Å²) in [7, 11) is 0. The monoisotopic (exact) mass is 390 g/mol. The van der Waals surface area contributed by atoms with E-state index in [0.717, 1.165) is 56.3 Å². The smallest absolute Gasteiger partial charge is 0.182 e. The summed E-state index contributed by atoms with van der Waals surface area (Å²) in [5, 5.41) is 10.2. The lowest BCUT2D eigenvalue weighted by Gasteiger charge is -2.40. The Kier molecular flexibility index (Phi) is 4.67. The van der Waals surface area contributed by atoms with Crippen LogP contribution in [-0.2, 0) is 17.7 Å². The van der Waals surface area contributed by atoms with Crippen molar-refractivity contribution in [1.29, 1.82) is 0 Å². The molecule has 2 aliphatic rings. The zero-order valence-corrected chi connectivity index (χ0v) is 16.7. The Bertz CT molecular complexity index is 1030. The highest BCUT2D eigenvalue weighted by molar-refractivity contribution is 5.73. The molecule has 0 amide bonds. The first-order chi connectivity index (χ1) is 14.2. The molecule has 2 aliphatic heterocycles. The van der Waals surface area contributed by atoms with Gasteiger partial charge in [0.05, 0.1) is 19.4 Å². The van der Waals surface area contributed by atoms with Crippen LogP contribution in [0.3, 0.4) is 0 Å². The van der Waals surface area contributed by atoms with Crippen molar-refractivity contribution in [2.75, 3.05) is 42.3 Å². The molecule has 0 bridgehead atoms. The van der Waals surface area contributed by atoms with E-state index >= 15 is 0 Å². The molecule has 7 nitrogen and oxygen atoms in total. The van der Waals surface area contributed by atoms with Crippen LogP contribution in [0.5, 0.6) is 0 Å². The lowest BCUT2D eigenvalue weighted by molar-refractivity contribution is -0.106. The minimum absolute atomic E-state index is 0.233. The zero-order valence-electron chi connectivity index (χ0n) is 16.7. The molecule has 0 aliphatic carbocycles. The second kappa shape index (κ2) is 7.48. The highest BCUT2D eigenvalue weighted by Gasteiger charge is 2.36. The Morgan fingerprint density at radius 3 is 2.83 bits per heavy atom. The molecule has 29 heavy (non-hydrogen) atoms. The van der Waals surface area contributed by atoms with Crippen LogP contribution in [0.2, 0.25) is 0 Å². The number of nitrogens with one attached hydrogen (secondary N) is 3. The van der Waals surface area contributed by atoms with E-state index in [4.69, 9.17) is 4.74 Å². The van der Waals surface area contributed by atoms with Crippen molar-refractivity contribution in [1.82, 2.24) is 15.0 Å². The third-order valence-corrected chi connectivity index (χ3v) is 5.98. The first-order valence-corrected chi connectivity index (χ1v) is 10.3. The second-order valence-electron chi connectivity index (χ2n) is 8.02. The molecule has 4 heterocycles. The summed E-state index contributed by atoms with van der Waals surface area (Å²) < 4.78 is 5.40. The van der Waals surface area contributed by atoms with E-state index in [1.54, 1.807) is 6.20 Å². The number of rotatable bonds is 7. The van der Waals surface area contributed by atoms with Gasteiger partial charge in [-0.15, -0.1) is 0 Å². The first-order valence-electron chi connectivity index (χ1n) is 10.3. The Morgan fingerprint density at radius 1 is 1.10 bits per heavy atom. The number of benzene rings is 1. The molecule has 5 rings (SSSR count). The van der Waals surface area contributed by atoms with Crippen LogP contribution >= 0.6 is 0 Å². The van der Waals surface area contributed by atoms with E-state index in [2.05, 4.69) is 56.0 Å². The van der Waals surface area contributed by atoms with Gasteiger partial charge in [0.25, 0.3) is 0 Å². The van der Waals surface area contributed by atoms with Crippen LogP contribution in [0.25, 0.3) is 11.2 Å². The van der Waals surface area contributed by atoms with Gasteiger partial charge in [-0.1, -0.05) is 19.1 Å². The largest absolute Gasteiger partial charge is 0.384 e. The van der Waals surface area contributed by atoms with E-state index < -0.39 is 0 Å². The quantitative estimate of drug-likeness (QED) is 0.570. The van der Waals surface area contributed by atoms with Gasteiger partial charge in [-0.3, -0.25) is 0 Å². The predicted molar refractivity (Wildman–Crippen MR) is 115 cm³/mol. The van der Waals surface area contributed by atoms with Crippen molar-refractivity contribution in [3.63, 3.8) is 0 Å². The average Bonchev–Trinajstić information content (AvgIpc) is 3.19. The molecule has 0 radical (unpaired) electrons. The third kappa shape index (κ3) is 3.70. The number of anilines is 3. The summed E-state index contributed by atoms with van der Waals surface area (Å²) in [5.41, 5.74) is 5.52. The third-order valence-electron chi connectivity index (χ3n) is 5.98. The van der Waals surface area contributed by atoms with Gasteiger partial charge in [-0.05, 0) is 42.2 Å². The second-order valence-corrected chi connectivity index (χ2v) is 8.02. The molecule has 1 fully saturated rings. The summed E-state index contributed by atoms with van der Waals surface area (Å²) in [4.78, 5) is 13.8. The van der Waals surface area contributed by atoms with Crippen molar-refractivity contribution >= 4 is 28.5 Å². The van der Waals surface area contributed by atoms with Crippen molar-refractivity contribution in [2.45, 2.75) is 26.3 Å². The van der Waals surface area contributed by atoms with Gasteiger partial charge in [0.15, 0.2) is 5.65 Å². The minimum Gasteiger partial charge on any atom is -0.384 e. The number of hydrogen-bond donors (Lipinski definition) is 3. The number of ether oxygens (including phenoxy) is 1. The van der Waals surface area contributed by atoms with Crippen LogP contribution in [0, 0.1) is 5.41 Å². The van der Waals surface area contributed by atoms with Crippen molar-refractivity contribution in [2.24, 2.45) is 5.41 Å². The molecular formula is C22H26N6O. The van der Waals surface area contributed by atoms with E-state index in [1.807, 2.05) is 12.1 Å². The highest BCUT2D eigenvalue weighted by Crippen LogP contribution is 2.31. The van der Waals surface area contributed by atoms with Crippen LogP contribution in [0.1, 0.15) is 24.5 Å². The first kappa shape index (κ1) is 18.1. The number of fused-ring (bicyclic) bond motifs is 2. The molecule has 0 spiro atoms. The van der Waals surface area contributed by atoms with Gasteiger partial charge in [0.1, 0.15) is 17.2 Å². The molecule has 3 N–H and O–H groups in total. The topological polar surface area (TPSA) is 84.0 Å². The fourth-order valence-corrected chi connectivity index (χ4v) is 3.82. The molecule has 150 valence electrons. The van der Waals surface area contributed by atoms with E-state index in [0.29, 0.717) is 12.2 Å². The lowest BCUT2D eigenvalue weighted by atomic mass is 9.83. The van der Waals surface area contributed by atoms with Gasteiger partial charge < -0.3 is 20.7 Å². The molecule has 3 aromatic rings. The normalized spacial score (nSPS) is 16.7. The van der Waals surface area contributed by atoms with Crippen LogP contribution in [-0.4, -0.2) is 41.3 Å². The minimum atomic E-state index is 0.233. The van der Waals surface area contributed by atoms with Crippen molar-refractivity contribution < 1.29 is 4.74 Å². The number of pyridine rings is 1.